The Kier molecular flexibility index (Phi) is 3.59. The summed E-state index contributed by atoms with van der Waals surface area (Å²) in [5.41, 5.74) is 6.81. The van der Waals surface area contributed by atoms with Crippen molar-refractivity contribution in [2.24, 2.45) is 5.73 Å². The average molecular weight is 235 g/mol. The number of hydrogen-bond acceptors (Lipinski definition) is 3. The summed E-state index contributed by atoms with van der Waals surface area (Å²) in [5, 5.41) is 1.28. The van der Waals surface area contributed by atoms with Crippen LogP contribution in [0.25, 0.3) is 10.1 Å². The van der Waals surface area contributed by atoms with Gasteiger partial charge in [0, 0.05) is 16.1 Å². The normalized spacial score (nSPS) is 11.5. The van der Waals surface area contributed by atoms with Gasteiger partial charge in [0.2, 0.25) is 0 Å². The van der Waals surface area contributed by atoms with E-state index in [4.69, 9.17) is 10.5 Å². The Labute approximate surface area is 100 Å². The van der Waals surface area contributed by atoms with Crippen LogP contribution in [-0.2, 0) is 17.9 Å². The molecule has 0 saturated carbocycles. The molecule has 0 spiro atoms. The second-order valence-electron chi connectivity index (χ2n) is 4.15. The Morgan fingerprint density at radius 1 is 1.31 bits per heavy atom. The first-order valence-electron chi connectivity index (χ1n) is 5.52. The lowest BCUT2D eigenvalue weighted by Gasteiger charge is -2.04. The molecule has 0 aliphatic carbocycles. The first-order valence-corrected chi connectivity index (χ1v) is 6.33. The molecule has 2 nitrogen and oxygen atoms in total. The Balaban J connectivity index is 2.22. The van der Waals surface area contributed by atoms with Crippen molar-refractivity contribution in [1.29, 1.82) is 0 Å². The number of benzene rings is 1. The van der Waals surface area contributed by atoms with Gasteiger partial charge < -0.3 is 10.5 Å². The zero-order valence-corrected chi connectivity index (χ0v) is 10.5. The number of hydrogen-bond donors (Lipinski definition) is 1. The van der Waals surface area contributed by atoms with Crippen LogP contribution in [0.2, 0.25) is 0 Å². The topological polar surface area (TPSA) is 35.2 Å². The fourth-order valence-corrected chi connectivity index (χ4v) is 2.63. The number of rotatable bonds is 4. The van der Waals surface area contributed by atoms with Gasteiger partial charge >= 0.3 is 0 Å². The third kappa shape index (κ3) is 2.61. The summed E-state index contributed by atoms with van der Waals surface area (Å²) in [6.45, 7) is 5.42. The molecule has 2 aromatic rings. The monoisotopic (exact) mass is 235 g/mol. The lowest BCUT2D eigenvalue weighted by atomic mass is 10.2. The van der Waals surface area contributed by atoms with Crippen molar-refractivity contribution < 1.29 is 4.74 Å². The van der Waals surface area contributed by atoms with Gasteiger partial charge in [0.15, 0.2) is 0 Å². The molecule has 0 atom stereocenters. The largest absolute Gasteiger partial charge is 0.373 e. The van der Waals surface area contributed by atoms with Crippen LogP contribution in [-0.4, -0.2) is 6.10 Å². The quantitative estimate of drug-likeness (QED) is 0.882. The molecular formula is C13H17NOS. The fraction of sp³-hybridized carbons (Fsp3) is 0.385. The Bertz CT molecular complexity index is 476. The van der Waals surface area contributed by atoms with Crippen LogP contribution < -0.4 is 5.73 Å². The second kappa shape index (κ2) is 4.95. The van der Waals surface area contributed by atoms with Crippen molar-refractivity contribution in [3.05, 3.63) is 34.7 Å². The maximum Gasteiger partial charge on any atom is 0.0813 e. The Morgan fingerprint density at radius 3 is 2.81 bits per heavy atom. The SMILES string of the molecule is CC(C)OCc1cc2ccc(CN)cc2s1. The summed E-state index contributed by atoms with van der Waals surface area (Å²) in [6, 6.07) is 8.58. The molecular weight excluding hydrogens is 218 g/mol. The van der Waals surface area contributed by atoms with E-state index in [1.807, 2.05) is 0 Å². The molecule has 0 aliphatic rings. The lowest BCUT2D eigenvalue weighted by Crippen LogP contribution is -2.00. The van der Waals surface area contributed by atoms with Crippen LogP contribution in [0.1, 0.15) is 24.3 Å². The zero-order valence-electron chi connectivity index (χ0n) is 9.69. The minimum absolute atomic E-state index is 0.282. The highest BCUT2D eigenvalue weighted by Crippen LogP contribution is 2.27. The predicted octanol–water partition coefficient (Wildman–Crippen LogP) is 3.29. The van der Waals surface area contributed by atoms with E-state index in [-0.39, 0.29) is 6.10 Å². The van der Waals surface area contributed by atoms with E-state index in [9.17, 15) is 0 Å². The Morgan fingerprint density at radius 2 is 2.12 bits per heavy atom. The molecule has 2 rings (SSSR count). The number of ether oxygens (including phenoxy) is 1. The van der Waals surface area contributed by atoms with Crippen LogP contribution in [0, 0.1) is 0 Å². The molecule has 86 valence electrons. The molecule has 1 aromatic heterocycles. The van der Waals surface area contributed by atoms with Gasteiger partial charge in [0.25, 0.3) is 0 Å². The molecule has 1 aromatic carbocycles. The molecule has 2 N–H and O–H groups in total. The molecule has 0 unspecified atom stereocenters. The summed E-state index contributed by atoms with van der Waals surface area (Å²) < 4.78 is 6.90. The van der Waals surface area contributed by atoms with Crippen molar-refractivity contribution in [1.82, 2.24) is 0 Å². The summed E-state index contributed by atoms with van der Waals surface area (Å²) in [6.07, 6.45) is 0.282. The van der Waals surface area contributed by atoms with E-state index in [0.717, 1.165) is 0 Å². The summed E-state index contributed by atoms with van der Waals surface area (Å²) in [4.78, 5) is 1.28. The molecule has 0 aliphatic heterocycles. The van der Waals surface area contributed by atoms with Gasteiger partial charge in [-0.1, -0.05) is 12.1 Å². The zero-order chi connectivity index (χ0) is 11.5. The van der Waals surface area contributed by atoms with E-state index in [1.165, 1.54) is 20.5 Å². The minimum atomic E-state index is 0.282. The van der Waals surface area contributed by atoms with Crippen molar-refractivity contribution in [3.8, 4) is 0 Å². The highest BCUT2D eigenvalue weighted by Gasteiger charge is 2.03. The van der Waals surface area contributed by atoms with Gasteiger partial charge in [-0.3, -0.25) is 0 Å². The van der Waals surface area contributed by atoms with Gasteiger partial charge in [-0.2, -0.15) is 0 Å². The van der Waals surface area contributed by atoms with Crippen molar-refractivity contribution in [2.45, 2.75) is 33.1 Å². The molecule has 1 heterocycles. The standard InChI is InChI=1S/C13H17NOS/c1-9(2)15-8-12-6-11-4-3-10(7-14)5-13(11)16-12/h3-6,9H,7-8,14H2,1-2H3. The van der Waals surface area contributed by atoms with Crippen molar-refractivity contribution >= 4 is 21.4 Å². The second-order valence-corrected chi connectivity index (χ2v) is 5.32. The lowest BCUT2D eigenvalue weighted by molar-refractivity contribution is 0.0675. The van der Waals surface area contributed by atoms with E-state index >= 15 is 0 Å². The van der Waals surface area contributed by atoms with E-state index < -0.39 is 0 Å². The minimum Gasteiger partial charge on any atom is -0.373 e. The summed E-state index contributed by atoms with van der Waals surface area (Å²) >= 11 is 1.79. The average Bonchev–Trinajstić information content (AvgIpc) is 2.67. The van der Waals surface area contributed by atoms with E-state index in [2.05, 4.69) is 38.1 Å². The molecule has 0 fully saturated rings. The summed E-state index contributed by atoms with van der Waals surface area (Å²) in [7, 11) is 0. The highest BCUT2D eigenvalue weighted by atomic mass is 32.1. The number of nitrogens with two attached hydrogens (primary N) is 1. The van der Waals surface area contributed by atoms with Crippen molar-refractivity contribution in [3.63, 3.8) is 0 Å². The first kappa shape index (κ1) is 11.6. The molecule has 3 heteroatoms. The third-order valence-electron chi connectivity index (χ3n) is 2.43. The summed E-state index contributed by atoms with van der Waals surface area (Å²) in [5.74, 6) is 0. The van der Waals surface area contributed by atoms with Crippen LogP contribution in [0.4, 0.5) is 0 Å². The predicted molar refractivity (Wildman–Crippen MR) is 69.6 cm³/mol. The van der Waals surface area contributed by atoms with Crippen molar-refractivity contribution in [2.75, 3.05) is 0 Å². The first-order chi connectivity index (χ1) is 7.69. The van der Waals surface area contributed by atoms with Gasteiger partial charge in [0.1, 0.15) is 0 Å². The fourth-order valence-electron chi connectivity index (χ4n) is 1.58. The van der Waals surface area contributed by atoms with Gasteiger partial charge in [0.05, 0.1) is 12.7 Å². The van der Waals surface area contributed by atoms with Gasteiger partial charge in [-0.05, 0) is 36.9 Å². The smallest absolute Gasteiger partial charge is 0.0813 e. The van der Waals surface area contributed by atoms with E-state index in [1.54, 1.807) is 11.3 Å². The van der Waals surface area contributed by atoms with Crippen LogP contribution in [0.3, 0.4) is 0 Å². The van der Waals surface area contributed by atoms with Crippen LogP contribution in [0.5, 0.6) is 0 Å². The van der Waals surface area contributed by atoms with Gasteiger partial charge in [-0.15, -0.1) is 11.3 Å². The molecule has 0 saturated heterocycles. The highest BCUT2D eigenvalue weighted by molar-refractivity contribution is 7.19. The molecule has 16 heavy (non-hydrogen) atoms. The molecule has 0 bridgehead atoms. The van der Waals surface area contributed by atoms with Crippen LogP contribution in [0.15, 0.2) is 24.3 Å². The van der Waals surface area contributed by atoms with Gasteiger partial charge in [-0.25, -0.2) is 0 Å². The maximum atomic E-state index is 5.63. The van der Waals surface area contributed by atoms with E-state index in [0.29, 0.717) is 13.2 Å². The number of thiophene rings is 1. The molecule has 0 radical (unpaired) electrons. The Hall–Kier alpha value is -0.900. The molecule has 0 amide bonds. The third-order valence-corrected chi connectivity index (χ3v) is 3.50. The number of fused-ring (bicyclic) bond motifs is 1. The maximum absolute atomic E-state index is 5.63. The van der Waals surface area contributed by atoms with Crippen LogP contribution >= 0.6 is 11.3 Å².